The molecule has 4 heterocycles. The normalized spacial score (nSPS) is 11.6. The topological polar surface area (TPSA) is 69.6 Å². The summed E-state index contributed by atoms with van der Waals surface area (Å²) in [5, 5.41) is 4.60. The monoisotopic (exact) mass is 717 g/mol. The third-order valence-corrected chi connectivity index (χ3v) is 10.5. The van der Waals surface area contributed by atoms with E-state index in [1.54, 1.807) is 0 Å². The number of furan rings is 1. The lowest BCUT2D eigenvalue weighted by molar-refractivity contribution is 0.669. The van der Waals surface area contributed by atoms with Gasteiger partial charge in [-0.2, -0.15) is 0 Å². The van der Waals surface area contributed by atoms with Gasteiger partial charge in [0.1, 0.15) is 11.2 Å². The molecule has 0 aliphatic carbocycles. The van der Waals surface area contributed by atoms with Gasteiger partial charge in [0.25, 0.3) is 0 Å². The van der Waals surface area contributed by atoms with E-state index in [0.717, 1.165) is 77.6 Å². The van der Waals surface area contributed by atoms with Crippen molar-refractivity contribution in [3.8, 4) is 62.1 Å². The molecule has 0 aliphatic heterocycles. The molecule has 0 saturated heterocycles. The number of hydrogen-bond donors (Lipinski definition) is 0. The molecule has 0 fully saturated rings. The molecule has 0 N–H and O–H groups in total. The van der Waals surface area contributed by atoms with E-state index in [9.17, 15) is 0 Å². The minimum absolute atomic E-state index is 0.613. The van der Waals surface area contributed by atoms with Crippen molar-refractivity contribution in [3.63, 3.8) is 0 Å². The minimum Gasteiger partial charge on any atom is -0.456 e. The molecule has 262 valence electrons. The summed E-state index contributed by atoms with van der Waals surface area (Å²) in [6, 6.07) is 60.9. The lowest BCUT2D eigenvalue weighted by atomic mass is 9.97. The Kier molecular flexibility index (Phi) is 7.38. The van der Waals surface area contributed by atoms with E-state index >= 15 is 0 Å². The van der Waals surface area contributed by atoms with Gasteiger partial charge >= 0.3 is 0 Å². The number of rotatable bonds is 6. The number of benzene rings is 7. The Morgan fingerprint density at radius 1 is 0.339 bits per heavy atom. The van der Waals surface area contributed by atoms with Crippen LogP contribution >= 0.6 is 0 Å². The van der Waals surface area contributed by atoms with Crippen LogP contribution in [-0.4, -0.2) is 24.5 Å². The van der Waals surface area contributed by atoms with Crippen LogP contribution < -0.4 is 0 Å². The molecular weight excluding hydrogens is 687 g/mol. The van der Waals surface area contributed by atoms with Gasteiger partial charge in [-0.15, -0.1) is 0 Å². The van der Waals surface area contributed by atoms with E-state index in [0.29, 0.717) is 17.5 Å². The van der Waals surface area contributed by atoms with Gasteiger partial charge in [-0.3, -0.25) is 4.98 Å². The van der Waals surface area contributed by atoms with Crippen LogP contribution in [0.1, 0.15) is 0 Å². The van der Waals surface area contributed by atoms with Gasteiger partial charge in [0.2, 0.25) is 0 Å². The molecule has 11 rings (SSSR count). The summed E-state index contributed by atoms with van der Waals surface area (Å²) in [6.07, 6.45) is 3.69. The largest absolute Gasteiger partial charge is 0.456 e. The van der Waals surface area contributed by atoms with Crippen molar-refractivity contribution in [3.05, 3.63) is 188 Å². The summed E-state index contributed by atoms with van der Waals surface area (Å²) in [5.41, 5.74) is 12.0. The fraction of sp³-hybridized carbons (Fsp3) is 0. The molecular formula is C50H31N5O. The molecule has 0 radical (unpaired) electrons. The Hall–Kier alpha value is -7.70. The third-order valence-electron chi connectivity index (χ3n) is 10.5. The van der Waals surface area contributed by atoms with Crippen LogP contribution in [-0.2, 0) is 0 Å². The second-order valence-electron chi connectivity index (χ2n) is 13.9. The highest BCUT2D eigenvalue weighted by Gasteiger charge is 2.19. The van der Waals surface area contributed by atoms with Crippen molar-refractivity contribution < 1.29 is 4.42 Å². The summed E-state index contributed by atoms with van der Waals surface area (Å²) in [4.78, 5) is 19.3. The molecule has 0 aliphatic rings. The first-order chi connectivity index (χ1) is 27.7. The molecule has 0 saturated carbocycles. The first kappa shape index (κ1) is 31.8. The van der Waals surface area contributed by atoms with Gasteiger partial charge in [-0.1, -0.05) is 115 Å². The smallest absolute Gasteiger partial charge is 0.164 e. The Bertz CT molecular complexity index is 3190. The fourth-order valence-corrected chi connectivity index (χ4v) is 7.86. The van der Waals surface area contributed by atoms with E-state index in [2.05, 4.69) is 113 Å². The predicted octanol–water partition coefficient (Wildman–Crippen LogP) is 12.6. The van der Waals surface area contributed by atoms with Crippen molar-refractivity contribution in [2.45, 2.75) is 0 Å². The number of aromatic nitrogens is 5. The van der Waals surface area contributed by atoms with Crippen LogP contribution in [0.5, 0.6) is 0 Å². The SMILES string of the molecule is c1ccc(-c2nc(-c3ccccc3)nc(-c3cccc(-c4cc(-c5ccncc5)cc(-n5c6ccccc6c6cc7c(cc65)oc5ccccc57)c4)c3)n2)cc1. The number of fused-ring (bicyclic) bond motifs is 6. The molecule has 0 atom stereocenters. The van der Waals surface area contributed by atoms with Crippen LogP contribution in [0, 0.1) is 0 Å². The van der Waals surface area contributed by atoms with Crippen LogP contribution in [0.25, 0.3) is 106 Å². The highest BCUT2D eigenvalue weighted by atomic mass is 16.3. The van der Waals surface area contributed by atoms with E-state index < -0.39 is 0 Å². The quantitative estimate of drug-likeness (QED) is 0.171. The Morgan fingerprint density at radius 2 is 0.911 bits per heavy atom. The van der Waals surface area contributed by atoms with Crippen molar-refractivity contribution in [2.75, 3.05) is 0 Å². The van der Waals surface area contributed by atoms with Crippen LogP contribution in [0.15, 0.2) is 193 Å². The summed E-state index contributed by atoms with van der Waals surface area (Å²) >= 11 is 0. The molecule has 0 spiro atoms. The van der Waals surface area contributed by atoms with E-state index in [-0.39, 0.29) is 0 Å². The van der Waals surface area contributed by atoms with Gasteiger partial charge in [0.15, 0.2) is 17.5 Å². The minimum atomic E-state index is 0.613. The second-order valence-corrected chi connectivity index (χ2v) is 13.9. The first-order valence-electron chi connectivity index (χ1n) is 18.6. The standard InChI is InChI=1S/C50H31N5O/c1-3-12-33(13-4-1)48-52-49(34-14-5-2-6-15-34)54-50(53-48)36-17-11-16-35(26-36)38-27-37(32-22-24-51-25-23-32)28-39(29-38)55-44-20-9-7-18-40(44)42-30-43-41-19-8-10-21-46(41)56-47(43)31-45(42)55/h1-31H. The third kappa shape index (κ3) is 5.43. The van der Waals surface area contributed by atoms with Gasteiger partial charge < -0.3 is 8.98 Å². The summed E-state index contributed by atoms with van der Waals surface area (Å²) in [6.45, 7) is 0. The Labute approximate surface area is 322 Å². The Balaban J connectivity index is 1.12. The van der Waals surface area contributed by atoms with Gasteiger partial charge in [-0.05, 0) is 76.9 Å². The predicted molar refractivity (Wildman–Crippen MR) is 226 cm³/mol. The van der Waals surface area contributed by atoms with Crippen LogP contribution in [0.4, 0.5) is 0 Å². The van der Waals surface area contributed by atoms with Crippen LogP contribution in [0.2, 0.25) is 0 Å². The highest BCUT2D eigenvalue weighted by Crippen LogP contribution is 2.40. The zero-order valence-electron chi connectivity index (χ0n) is 30.0. The lowest BCUT2D eigenvalue weighted by Gasteiger charge is -2.14. The highest BCUT2D eigenvalue weighted by molar-refractivity contribution is 6.17. The van der Waals surface area contributed by atoms with Crippen molar-refractivity contribution in [2.24, 2.45) is 0 Å². The molecule has 11 aromatic rings. The lowest BCUT2D eigenvalue weighted by Crippen LogP contribution is -2.00. The molecule has 6 heteroatoms. The zero-order chi connectivity index (χ0) is 37.0. The molecule has 0 unspecified atom stereocenters. The van der Waals surface area contributed by atoms with Crippen molar-refractivity contribution >= 4 is 43.7 Å². The number of hydrogen-bond acceptors (Lipinski definition) is 5. The second kappa shape index (κ2) is 13.0. The van der Waals surface area contributed by atoms with Crippen molar-refractivity contribution in [1.82, 2.24) is 24.5 Å². The maximum absolute atomic E-state index is 6.43. The Morgan fingerprint density at radius 3 is 1.64 bits per heavy atom. The number of para-hydroxylation sites is 2. The average Bonchev–Trinajstić information content (AvgIpc) is 3.81. The maximum atomic E-state index is 6.43. The van der Waals surface area contributed by atoms with Gasteiger partial charge in [0, 0.05) is 62.4 Å². The van der Waals surface area contributed by atoms with Crippen LogP contribution in [0.3, 0.4) is 0 Å². The molecule has 7 aromatic carbocycles. The van der Waals surface area contributed by atoms with Gasteiger partial charge in [0.05, 0.1) is 11.0 Å². The van der Waals surface area contributed by atoms with E-state index in [1.807, 2.05) is 85.2 Å². The molecule has 0 bridgehead atoms. The zero-order valence-corrected chi connectivity index (χ0v) is 30.0. The maximum Gasteiger partial charge on any atom is 0.164 e. The fourth-order valence-electron chi connectivity index (χ4n) is 7.86. The van der Waals surface area contributed by atoms with Gasteiger partial charge in [-0.25, -0.2) is 15.0 Å². The summed E-state index contributed by atoms with van der Waals surface area (Å²) in [7, 11) is 0. The number of nitrogens with zero attached hydrogens (tertiary/aromatic N) is 5. The van der Waals surface area contributed by atoms with E-state index in [1.165, 1.54) is 10.8 Å². The molecule has 0 amide bonds. The van der Waals surface area contributed by atoms with Crippen molar-refractivity contribution in [1.29, 1.82) is 0 Å². The van der Waals surface area contributed by atoms with E-state index in [4.69, 9.17) is 19.4 Å². The summed E-state index contributed by atoms with van der Waals surface area (Å²) < 4.78 is 8.79. The molecule has 6 nitrogen and oxygen atoms in total. The molecule has 4 aromatic heterocycles. The first-order valence-corrected chi connectivity index (χ1v) is 18.6. The number of pyridine rings is 1. The average molecular weight is 718 g/mol. The molecule has 56 heavy (non-hydrogen) atoms. The summed E-state index contributed by atoms with van der Waals surface area (Å²) in [5.74, 6) is 1.88.